The number of hydrogen-bond donors (Lipinski definition) is 1. The number of amides is 1. The third kappa shape index (κ3) is 4.66. The second-order valence-corrected chi connectivity index (χ2v) is 6.38. The monoisotopic (exact) mass is 358 g/mol. The highest BCUT2D eigenvalue weighted by Crippen LogP contribution is 2.21. The van der Waals surface area contributed by atoms with E-state index in [2.05, 4.69) is 39.9 Å². The molecule has 0 radical (unpaired) electrons. The lowest BCUT2D eigenvalue weighted by molar-refractivity contribution is 0.0954. The molecule has 1 heterocycles. The Hall–Kier alpha value is -2.17. The summed E-state index contributed by atoms with van der Waals surface area (Å²) in [7, 11) is 0. The van der Waals surface area contributed by atoms with E-state index < -0.39 is 0 Å². The Kier molecular flexibility index (Phi) is 6.53. The van der Waals surface area contributed by atoms with Crippen LogP contribution in [-0.4, -0.2) is 17.4 Å². The minimum Gasteiger partial charge on any atom is -0.352 e. The summed E-state index contributed by atoms with van der Waals surface area (Å²) in [5.74, 6) is -0.0276. The van der Waals surface area contributed by atoms with Gasteiger partial charge in [0.05, 0.1) is 10.7 Å². The summed E-state index contributed by atoms with van der Waals surface area (Å²) in [5.41, 5.74) is 4.05. The third-order valence-electron chi connectivity index (χ3n) is 3.60. The van der Waals surface area contributed by atoms with Crippen molar-refractivity contribution in [2.24, 2.45) is 0 Å². The van der Waals surface area contributed by atoms with Gasteiger partial charge < -0.3 is 5.32 Å². The van der Waals surface area contributed by atoms with E-state index >= 15 is 0 Å². The zero-order valence-corrected chi connectivity index (χ0v) is 15.0. The number of benzene rings is 2. The van der Waals surface area contributed by atoms with Crippen LogP contribution >= 0.6 is 23.7 Å². The van der Waals surface area contributed by atoms with Crippen LogP contribution in [0.3, 0.4) is 0 Å². The molecule has 124 valence electrons. The molecule has 2 aromatic carbocycles. The van der Waals surface area contributed by atoms with Crippen molar-refractivity contribution in [3.05, 3.63) is 76.1 Å². The predicted octanol–water partition coefficient (Wildman–Crippen LogP) is 4.51. The van der Waals surface area contributed by atoms with Crippen LogP contribution in [0.5, 0.6) is 0 Å². The first-order valence-corrected chi connectivity index (χ1v) is 8.45. The summed E-state index contributed by atoms with van der Waals surface area (Å²) in [6.45, 7) is 2.64. The molecule has 0 atom stereocenters. The third-order valence-corrected chi connectivity index (χ3v) is 4.38. The average Bonchev–Trinajstić information content (AvgIpc) is 3.03. The van der Waals surface area contributed by atoms with Crippen molar-refractivity contribution in [2.75, 3.05) is 6.54 Å². The summed E-state index contributed by atoms with van der Waals surface area (Å²) in [4.78, 5) is 16.4. The molecule has 0 aliphatic carbocycles. The molecule has 1 N–H and O–H groups in total. The maximum atomic E-state index is 12.0. The molecule has 0 unspecified atom stereocenters. The lowest BCUT2D eigenvalue weighted by Gasteiger charge is -2.06. The van der Waals surface area contributed by atoms with Gasteiger partial charge in [0.1, 0.15) is 0 Å². The number of nitrogens with one attached hydrogen (secondary N) is 1. The van der Waals surface area contributed by atoms with E-state index in [1.807, 2.05) is 37.3 Å². The van der Waals surface area contributed by atoms with Crippen LogP contribution < -0.4 is 5.32 Å². The predicted molar refractivity (Wildman–Crippen MR) is 102 cm³/mol. The summed E-state index contributed by atoms with van der Waals surface area (Å²) in [5, 5.41) is 6.10. The molecular formula is C19H19ClN2OS. The van der Waals surface area contributed by atoms with Crippen molar-refractivity contribution in [2.45, 2.75) is 13.3 Å². The van der Waals surface area contributed by atoms with E-state index in [-0.39, 0.29) is 18.3 Å². The Balaban J connectivity index is 0.00000208. The molecule has 0 fully saturated rings. The zero-order valence-electron chi connectivity index (χ0n) is 13.4. The number of thiazole rings is 1. The van der Waals surface area contributed by atoms with Gasteiger partial charge in [-0.3, -0.25) is 4.79 Å². The van der Waals surface area contributed by atoms with E-state index in [9.17, 15) is 4.79 Å². The molecule has 1 amide bonds. The largest absolute Gasteiger partial charge is 0.352 e. The number of halogens is 1. The van der Waals surface area contributed by atoms with Gasteiger partial charge in [-0.05, 0) is 31.0 Å². The fourth-order valence-electron chi connectivity index (χ4n) is 2.35. The number of aryl methyl sites for hydroxylation is 1. The number of rotatable bonds is 5. The minimum atomic E-state index is -0.0276. The lowest BCUT2D eigenvalue weighted by atomic mass is 10.1. The number of hydrogen-bond acceptors (Lipinski definition) is 3. The van der Waals surface area contributed by atoms with E-state index in [0.29, 0.717) is 12.1 Å². The van der Waals surface area contributed by atoms with Crippen LogP contribution in [0.1, 0.15) is 20.9 Å². The van der Waals surface area contributed by atoms with Gasteiger partial charge in [0.15, 0.2) is 0 Å². The molecule has 0 spiro atoms. The van der Waals surface area contributed by atoms with Gasteiger partial charge in [-0.25, -0.2) is 4.98 Å². The Morgan fingerprint density at radius 3 is 2.42 bits per heavy atom. The summed E-state index contributed by atoms with van der Waals surface area (Å²) in [6.07, 6.45) is 0.814. The normalized spacial score (nSPS) is 10.0. The first kappa shape index (κ1) is 18.2. The van der Waals surface area contributed by atoms with Crippen molar-refractivity contribution >= 4 is 29.7 Å². The molecule has 3 rings (SSSR count). The van der Waals surface area contributed by atoms with Crippen molar-refractivity contribution in [3.8, 4) is 11.3 Å². The van der Waals surface area contributed by atoms with Crippen LogP contribution in [-0.2, 0) is 6.42 Å². The Morgan fingerprint density at radius 2 is 1.79 bits per heavy atom. The highest BCUT2D eigenvalue weighted by Gasteiger charge is 2.04. The Morgan fingerprint density at radius 1 is 1.08 bits per heavy atom. The first-order chi connectivity index (χ1) is 11.2. The van der Waals surface area contributed by atoms with Crippen LogP contribution in [0, 0.1) is 6.92 Å². The van der Waals surface area contributed by atoms with Gasteiger partial charge in [-0.15, -0.1) is 23.7 Å². The maximum absolute atomic E-state index is 12.0. The van der Waals surface area contributed by atoms with E-state index in [1.54, 1.807) is 11.3 Å². The molecule has 1 aromatic heterocycles. The number of aromatic nitrogens is 1. The van der Waals surface area contributed by atoms with Gasteiger partial charge in [0, 0.05) is 23.1 Å². The van der Waals surface area contributed by atoms with Crippen molar-refractivity contribution in [1.82, 2.24) is 10.3 Å². The zero-order chi connectivity index (χ0) is 16.1. The second-order valence-electron chi connectivity index (χ2n) is 5.32. The summed E-state index contributed by atoms with van der Waals surface area (Å²) < 4.78 is 0. The molecule has 0 saturated carbocycles. The summed E-state index contributed by atoms with van der Waals surface area (Å²) in [6, 6.07) is 17.6. The standard InChI is InChI=1S/C19H18N2OS.ClH/c1-14-21-18(13-23-14)16-9-7-15(8-10-16)11-12-20-19(22)17-5-3-2-4-6-17;/h2-10,13H,11-12H2,1H3,(H,20,22);1H. The SMILES string of the molecule is Cc1nc(-c2ccc(CCNC(=O)c3ccccc3)cc2)cs1.Cl. The number of carbonyl (C=O) groups excluding carboxylic acids is 1. The van der Waals surface area contributed by atoms with E-state index in [4.69, 9.17) is 0 Å². The van der Waals surface area contributed by atoms with Crippen molar-refractivity contribution in [3.63, 3.8) is 0 Å². The van der Waals surface area contributed by atoms with Crippen LogP contribution in [0.25, 0.3) is 11.3 Å². The molecule has 0 saturated heterocycles. The topological polar surface area (TPSA) is 42.0 Å². The van der Waals surface area contributed by atoms with Gasteiger partial charge >= 0.3 is 0 Å². The van der Waals surface area contributed by atoms with E-state index in [1.165, 1.54) is 5.56 Å². The van der Waals surface area contributed by atoms with Gasteiger partial charge in [-0.1, -0.05) is 42.5 Å². The van der Waals surface area contributed by atoms with E-state index in [0.717, 1.165) is 22.7 Å². The quantitative estimate of drug-likeness (QED) is 0.729. The molecular weight excluding hydrogens is 340 g/mol. The van der Waals surface area contributed by atoms with Gasteiger partial charge in [-0.2, -0.15) is 0 Å². The fourth-order valence-corrected chi connectivity index (χ4v) is 2.97. The Labute approximate surface area is 152 Å². The van der Waals surface area contributed by atoms with Crippen LogP contribution in [0.4, 0.5) is 0 Å². The lowest BCUT2D eigenvalue weighted by Crippen LogP contribution is -2.25. The van der Waals surface area contributed by atoms with Crippen LogP contribution in [0.15, 0.2) is 60.0 Å². The second kappa shape index (κ2) is 8.62. The molecule has 0 aliphatic heterocycles. The molecule has 0 bridgehead atoms. The molecule has 24 heavy (non-hydrogen) atoms. The average molecular weight is 359 g/mol. The minimum absolute atomic E-state index is 0. The smallest absolute Gasteiger partial charge is 0.251 e. The summed E-state index contributed by atoms with van der Waals surface area (Å²) >= 11 is 1.66. The number of carbonyl (C=O) groups is 1. The molecule has 5 heteroatoms. The van der Waals surface area contributed by atoms with Crippen molar-refractivity contribution in [1.29, 1.82) is 0 Å². The van der Waals surface area contributed by atoms with Crippen molar-refractivity contribution < 1.29 is 4.79 Å². The maximum Gasteiger partial charge on any atom is 0.251 e. The highest BCUT2D eigenvalue weighted by atomic mass is 35.5. The van der Waals surface area contributed by atoms with Gasteiger partial charge in [0.25, 0.3) is 5.91 Å². The Bertz CT molecular complexity index is 785. The first-order valence-electron chi connectivity index (χ1n) is 7.57. The van der Waals surface area contributed by atoms with Crippen LogP contribution in [0.2, 0.25) is 0 Å². The molecule has 3 aromatic rings. The highest BCUT2D eigenvalue weighted by molar-refractivity contribution is 7.09. The fraction of sp³-hybridized carbons (Fsp3) is 0.158. The van der Waals surface area contributed by atoms with Gasteiger partial charge in [0.2, 0.25) is 0 Å². The molecule has 0 aliphatic rings. The molecule has 3 nitrogen and oxygen atoms in total. The number of nitrogens with zero attached hydrogens (tertiary/aromatic N) is 1.